The first-order valence-electron chi connectivity index (χ1n) is 13.8. The van der Waals surface area contributed by atoms with Crippen LogP contribution in [-0.2, 0) is 18.3 Å². The molecule has 4 heterocycles. The number of fused-ring (bicyclic) bond motifs is 8. The molecule has 0 atom stereocenters. The van der Waals surface area contributed by atoms with Crippen molar-refractivity contribution < 1.29 is 9.47 Å². The van der Waals surface area contributed by atoms with E-state index in [9.17, 15) is 0 Å². The van der Waals surface area contributed by atoms with Gasteiger partial charge in [-0.1, -0.05) is 36.4 Å². The van der Waals surface area contributed by atoms with Gasteiger partial charge >= 0.3 is 0 Å². The third-order valence-corrected chi connectivity index (χ3v) is 8.53. The molecule has 0 unspecified atom stereocenters. The van der Waals surface area contributed by atoms with Gasteiger partial charge in [0.1, 0.15) is 23.1 Å². The van der Waals surface area contributed by atoms with Gasteiger partial charge in [-0.05, 0) is 84.6 Å². The van der Waals surface area contributed by atoms with Gasteiger partial charge in [0.15, 0.2) is 0 Å². The van der Waals surface area contributed by atoms with Crippen LogP contribution < -0.4 is 9.47 Å². The van der Waals surface area contributed by atoms with Crippen molar-refractivity contribution in [1.82, 2.24) is 19.1 Å². The largest absolute Gasteiger partial charge is 0.497 e. The number of para-hydroxylation sites is 2. The predicted octanol–water partition coefficient (Wildman–Crippen LogP) is 6.81. The molecule has 0 radical (unpaired) electrons. The molecule has 0 fully saturated rings. The van der Waals surface area contributed by atoms with Crippen molar-refractivity contribution >= 4 is 0 Å². The van der Waals surface area contributed by atoms with E-state index >= 15 is 0 Å². The molecular formula is C35H28N4O2. The van der Waals surface area contributed by atoms with Crippen molar-refractivity contribution in [2.75, 3.05) is 14.2 Å². The molecule has 1 spiro atoms. The molecule has 2 aliphatic heterocycles. The molecule has 2 aliphatic rings. The molecule has 0 saturated heterocycles. The van der Waals surface area contributed by atoms with Crippen molar-refractivity contribution in [3.05, 3.63) is 132 Å². The summed E-state index contributed by atoms with van der Waals surface area (Å²) in [5.41, 5.74) is 8.46. The van der Waals surface area contributed by atoms with Crippen LogP contribution >= 0.6 is 0 Å². The van der Waals surface area contributed by atoms with Crippen molar-refractivity contribution in [2.24, 2.45) is 0 Å². The number of nitrogens with zero attached hydrogens (tertiary/aromatic N) is 4. The van der Waals surface area contributed by atoms with Crippen molar-refractivity contribution in [3.63, 3.8) is 0 Å². The molecule has 6 aromatic rings. The number of methoxy groups -OCH3 is 2. The van der Waals surface area contributed by atoms with Crippen LogP contribution in [0, 0.1) is 0 Å². The van der Waals surface area contributed by atoms with Crippen LogP contribution in [0.25, 0.3) is 33.9 Å². The summed E-state index contributed by atoms with van der Waals surface area (Å²) in [7, 11) is 3.38. The maximum Gasteiger partial charge on any atom is 0.128 e. The minimum absolute atomic E-state index is 0.446. The van der Waals surface area contributed by atoms with Gasteiger partial charge in [-0.2, -0.15) is 0 Å². The second-order valence-electron chi connectivity index (χ2n) is 10.8. The Bertz CT molecular complexity index is 1770. The fourth-order valence-electron chi connectivity index (χ4n) is 6.52. The van der Waals surface area contributed by atoms with E-state index in [2.05, 4.69) is 94.3 Å². The topological polar surface area (TPSA) is 54.1 Å². The van der Waals surface area contributed by atoms with Gasteiger partial charge < -0.3 is 18.6 Å². The van der Waals surface area contributed by atoms with E-state index in [1.807, 2.05) is 24.3 Å². The number of rotatable bonds is 4. The molecule has 8 rings (SSSR count). The van der Waals surface area contributed by atoms with Crippen LogP contribution in [0.15, 0.2) is 109 Å². The number of ether oxygens (including phenoxy) is 2. The van der Waals surface area contributed by atoms with Gasteiger partial charge in [-0.3, -0.25) is 0 Å². The lowest BCUT2D eigenvalue weighted by atomic mass is 9.71. The number of aromatic nitrogens is 4. The molecule has 0 aliphatic carbocycles. The summed E-state index contributed by atoms with van der Waals surface area (Å²) in [5.74, 6) is 3.70. The first kappa shape index (κ1) is 23.8. The third kappa shape index (κ3) is 3.57. The Balaban J connectivity index is 1.37. The van der Waals surface area contributed by atoms with Gasteiger partial charge in [0, 0.05) is 23.5 Å². The first-order chi connectivity index (χ1) is 20.2. The Morgan fingerprint density at radius 2 is 0.976 bits per heavy atom. The fourth-order valence-corrected chi connectivity index (χ4v) is 6.52. The Kier molecular flexibility index (Phi) is 5.19. The third-order valence-electron chi connectivity index (χ3n) is 8.53. The fraction of sp³-hybridized carbons (Fsp3) is 0.143. The average Bonchev–Trinajstić information content (AvgIpc) is 3.69. The first-order valence-corrected chi connectivity index (χ1v) is 13.8. The lowest BCUT2D eigenvalue weighted by molar-refractivity contribution is 0.408. The van der Waals surface area contributed by atoms with Crippen LogP contribution in [0.4, 0.5) is 0 Å². The summed E-state index contributed by atoms with van der Waals surface area (Å²) in [6.07, 6.45) is 5.98. The molecule has 0 bridgehead atoms. The van der Waals surface area contributed by atoms with Crippen molar-refractivity contribution in [3.8, 4) is 45.4 Å². The van der Waals surface area contributed by atoms with Crippen LogP contribution in [0.3, 0.4) is 0 Å². The van der Waals surface area contributed by atoms with E-state index in [4.69, 9.17) is 19.4 Å². The van der Waals surface area contributed by atoms with E-state index < -0.39 is 5.41 Å². The van der Waals surface area contributed by atoms with E-state index in [1.54, 1.807) is 14.2 Å². The normalized spacial score (nSPS) is 14.1. The molecule has 4 aromatic carbocycles. The zero-order valence-corrected chi connectivity index (χ0v) is 22.9. The summed E-state index contributed by atoms with van der Waals surface area (Å²) in [5, 5.41) is 0. The maximum absolute atomic E-state index is 5.40. The summed E-state index contributed by atoms with van der Waals surface area (Å²) < 4.78 is 15.4. The molecule has 6 nitrogen and oxygen atoms in total. The highest BCUT2D eigenvalue weighted by atomic mass is 16.5. The molecule has 41 heavy (non-hydrogen) atoms. The molecular weight excluding hydrogens is 508 g/mol. The molecule has 0 amide bonds. The average molecular weight is 537 g/mol. The molecule has 0 N–H and O–H groups in total. The van der Waals surface area contributed by atoms with Crippen molar-refractivity contribution in [2.45, 2.75) is 18.3 Å². The van der Waals surface area contributed by atoms with Crippen LogP contribution in [0.2, 0.25) is 0 Å². The standard InChI is InChI=1S/C35H28N4O2/c1-40-27-15-11-23(12-16-27)29-21-38-31-9-5-3-7-25(31)19-35(33(38)36-29)20-26-8-4-6-10-32(26)39-22-30(37-34(35)39)24-13-17-28(41-2)18-14-24/h3-18,21-22H,19-20H2,1-2H3. The second-order valence-corrected chi connectivity index (χ2v) is 10.8. The van der Waals surface area contributed by atoms with E-state index in [-0.39, 0.29) is 0 Å². The predicted molar refractivity (Wildman–Crippen MR) is 159 cm³/mol. The highest BCUT2D eigenvalue weighted by molar-refractivity contribution is 5.66. The Labute approximate surface area is 238 Å². The van der Waals surface area contributed by atoms with Gasteiger partial charge in [0.05, 0.1) is 42.4 Å². The number of hydrogen-bond donors (Lipinski definition) is 0. The van der Waals surface area contributed by atoms with E-state index in [0.29, 0.717) is 0 Å². The zero-order chi connectivity index (χ0) is 27.6. The van der Waals surface area contributed by atoms with E-state index in [0.717, 1.165) is 58.5 Å². The van der Waals surface area contributed by atoms with Crippen LogP contribution in [-0.4, -0.2) is 33.3 Å². The minimum atomic E-state index is -0.446. The van der Waals surface area contributed by atoms with Crippen LogP contribution in [0.1, 0.15) is 22.8 Å². The van der Waals surface area contributed by atoms with Gasteiger partial charge in [-0.15, -0.1) is 0 Å². The second kappa shape index (κ2) is 8.96. The van der Waals surface area contributed by atoms with Gasteiger partial charge in [-0.25, -0.2) is 9.97 Å². The molecule has 6 heteroatoms. The van der Waals surface area contributed by atoms with Crippen molar-refractivity contribution in [1.29, 1.82) is 0 Å². The number of hydrogen-bond acceptors (Lipinski definition) is 4. The summed E-state index contributed by atoms with van der Waals surface area (Å²) in [4.78, 5) is 10.8. The Morgan fingerprint density at radius 1 is 0.561 bits per heavy atom. The minimum Gasteiger partial charge on any atom is -0.497 e. The summed E-state index contributed by atoms with van der Waals surface area (Å²) >= 11 is 0. The molecule has 0 saturated carbocycles. The maximum atomic E-state index is 5.40. The highest BCUT2D eigenvalue weighted by Crippen LogP contribution is 2.48. The zero-order valence-electron chi connectivity index (χ0n) is 22.9. The monoisotopic (exact) mass is 536 g/mol. The van der Waals surface area contributed by atoms with Crippen LogP contribution in [0.5, 0.6) is 11.5 Å². The lowest BCUT2D eigenvalue weighted by Crippen LogP contribution is -2.43. The van der Waals surface area contributed by atoms with Gasteiger partial charge in [0.25, 0.3) is 0 Å². The molecule has 200 valence electrons. The quantitative estimate of drug-likeness (QED) is 0.248. The number of benzene rings is 4. The number of imidazole rings is 2. The van der Waals surface area contributed by atoms with Gasteiger partial charge in [0.2, 0.25) is 0 Å². The van der Waals surface area contributed by atoms with E-state index in [1.165, 1.54) is 22.5 Å². The summed E-state index contributed by atoms with van der Waals surface area (Å²) in [6.45, 7) is 0. The lowest BCUT2D eigenvalue weighted by Gasteiger charge is -2.41. The highest BCUT2D eigenvalue weighted by Gasteiger charge is 2.49. The SMILES string of the molecule is COc1ccc(-c2cn3c(n2)C2(Cc4ccccc4-3)Cc3ccccc3-n3cc(-c4ccc(OC)cc4)nc32)cc1. The Hall–Kier alpha value is -5.10. The molecule has 2 aromatic heterocycles. The Morgan fingerprint density at radius 3 is 1.39 bits per heavy atom. The summed E-state index contributed by atoms with van der Waals surface area (Å²) in [6, 6.07) is 33.6. The smallest absolute Gasteiger partial charge is 0.128 e.